The van der Waals surface area contributed by atoms with Crippen molar-refractivity contribution in [1.29, 1.82) is 0 Å². The summed E-state index contributed by atoms with van der Waals surface area (Å²) in [5.74, 6) is -1.19. The predicted molar refractivity (Wildman–Crippen MR) is 72.0 cm³/mol. The Labute approximate surface area is 128 Å². The number of carbonyl (C=O) groups is 1. The van der Waals surface area contributed by atoms with E-state index < -0.39 is 24.5 Å². The van der Waals surface area contributed by atoms with Gasteiger partial charge in [0.2, 0.25) is 0 Å². The molecular formula is C10H8BrF3INO3. The number of esters is 1. The first kappa shape index (κ1) is 16.5. The molecule has 106 valence electrons. The lowest BCUT2D eigenvalue weighted by molar-refractivity contribution is -0.275. The first-order valence-corrected chi connectivity index (χ1v) is 7.03. The number of halogens is 5. The SMILES string of the molecule is COC(=O)Cc1nc(CBr)c(I)cc1OC(F)(F)F. The van der Waals surface area contributed by atoms with Crippen molar-refractivity contribution in [2.24, 2.45) is 0 Å². The lowest BCUT2D eigenvalue weighted by Crippen LogP contribution is -2.20. The van der Waals surface area contributed by atoms with E-state index in [4.69, 9.17) is 0 Å². The van der Waals surface area contributed by atoms with Crippen LogP contribution in [0.1, 0.15) is 11.4 Å². The maximum atomic E-state index is 12.3. The van der Waals surface area contributed by atoms with Gasteiger partial charge < -0.3 is 9.47 Å². The van der Waals surface area contributed by atoms with Gasteiger partial charge in [-0.2, -0.15) is 0 Å². The van der Waals surface area contributed by atoms with Crippen molar-refractivity contribution >= 4 is 44.5 Å². The second-order valence-corrected chi connectivity index (χ2v) is 5.02. The monoisotopic (exact) mass is 453 g/mol. The molecule has 0 saturated heterocycles. The number of rotatable bonds is 4. The number of hydrogen-bond acceptors (Lipinski definition) is 4. The summed E-state index contributed by atoms with van der Waals surface area (Å²) >= 11 is 5.01. The van der Waals surface area contributed by atoms with Crippen LogP contribution in [-0.2, 0) is 21.3 Å². The standard InChI is InChI=1S/C10H8BrF3INO3/c1-18-9(17)3-6-8(19-10(12,13)14)2-5(15)7(4-11)16-6/h2H,3-4H2,1H3. The number of alkyl halides is 4. The van der Waals surface area contributed by atoms with E-state index in [1.807, 2.05) is 22.6 Å². The van der Waals surface area contributed by atoms with Crippen molar-refractivity contribution in [1.82, 2.24) is 4.98 Å². The molecule has 0 fully saturated rings. The van der Waals surface area contributed by atoms with Crippen LogP contribution in [0.5, 0.6) is 5.75 Å². The van der Waals surface area contributed by atoms with Crippen molar-refractivity contribution in [3.63, 3.8) is 0 Å². The van der Waals surface area contributed by atoms with Crippen LogP contribution in [0.15, 0.2) is 6.07 Å². The molecule has 19 heavy (non-hydrogen) atoms. The average molecular weight is 454 g/mol. The smallest absolute Gasteiger partial charge is 0.469 e. The summed E-state index contributed by atoms with van der Waals surface area (Å²) in [6, 6.07) is 1.19. The summed E-state index contributed by atoms with van der Waals surface area (Å²) in [4.78, 5) is 15.2. The summed E-state index contributed by atoms with van der Waals surface area (Å²) in [5, 5.41) is 0.353. The van der Waals surface area contributed by atoms with Gasteiger partial charge in [-0.25, -0.2) is 0 Å². The van der Waals surface area contributed by atoms with E-state index in [2.05, 4.69) is 30.4 Å². The summed E-state index contributed by atoms with van der Waals surface area (Å²) in [7, 11) is 1.14. The minimum absolute atomic E-state index is 0.112. The van der Waals surface area contributed by atoms with Crippen LogP contribution in [0.3, 0.4) is 0 Å². The molecule has 0 aromatic carbocycles. The van der Waals surface area contributed by atoms with Gasteiger partial charge in [-0.3, -0.25) is 9.78 Å². The minimum Gasteiger partial charge on any atom is -0.469 e. The highest BCUT2D eigenvalue weighted by Crippen LogP contribution is 2.29. The average Bonchev–Trinajstić information content (AvgIpc) is 2.30. The molecule has 1 rings (SSSR count). The summed E-state index contributed by atoms with van der Waals surface area (Å²) in [6.07, 6.45) is -5.23. The first-order valence-electron chi connectivity index (χ1n) is 4.83. The van der Waals surface area contributed by atoms with Crippen LogP contribution in [0.4, 0.5) is 13.2 Å². The molecule has 0 radical (unpaired) electrons. The Balaban J connectivity index is 3.18. The zero-order valence-electron chi connectivity index (χ0n) is 9.55. The molecule has 0 N–H and O–H groups in total. The minimum atomic E-state index is -4.84. The molecule has 0 spiro atoms. The third-order valence-corrected chi connectivity index (χ3v) is 3.44. The van der Waals surface area contributed by atoms with Gasteiger partial charge >= 0.3 is 12.3 Å². The fraction of sp³-hybridized carbons (Fsp3) is 0.400. The highest BCUT2D eigenvalue weighted by atomic mass is 127. The Bertz CT molecular complexity index is 482. The predicted octanol–water partition coefficient (Wildman–Crippen LogP) is 3.20. The van der Waals surface area contributed by atoms with E-state index in [0.717, 1.165) is 7.11 Å². The fourth-order valence-corrected chi connectivity index (χ4v) is 2.74. The Morgan fingerprint density at radius 3 is 2.58 bits per heavy atom. The number of ether oxygens (including phenoxy) is 2. The van der Waals surface area contributed by atoms with Gasteiger partial charge in [0.15, 0.2) is 5.75 Å². The molecule has 1 aromatic heterocycles. The van der Waals surface area contributed by atoms with Gasteiger partial charge in [-0.05, 0) is 28.7 Å². The maximum Gasteiger partial charge on any atom is 0.573 e. The van der Waals surface area contributed by atoms with Crippen molar-refractivity contribution in [2.45, 2.75) is 18.1 Å². The van der Waals surface area contributed by atoms with Crippen molar-refractivity contribution < 1.29 is 27.4 Å². The van der Waals surface area contributed by atoms with Gasteiger partial charge in [0.1, 0.15) is 0 Å². The molecule has 0 aliphatic rings. The quantitative estimate of drug-likeness (QED) is 0.399. The van der Waals surface area contributed by atoms with Crippen LogP contribution >= 0.6 is 38.5 Å². The molecule has 0 aliphatic heterocycles. The van der Waals surface area contributed by atoms with Gasteiger partial charge in [0.25, 0.3) is 0 Å². The molecule has 1 heterocycles. The summed E-state index contributed by atoms with van der Waals surface area (Å²) in [6.45, 7) is 0. The molecule has 0 bridgehead atoms. The molecule has 0 saturated carbocycles. The Hall–Kier alpha value is -0.580. The van der Waals surface area contributed by atoms with Crippen molar-refractivity contribution in [3.05, 3.63) is 21.0 Å². The second-order valence-electron chi connectivity index (χ2n) is 3.30. The number of nitrogens with zero attached hydrogens (tertiary/aromatic N) is 1. The van der Waals surface area contributed by atoms with Crippen LogP contribution in [0.2, 0.25) is 0 Å². The maximum absolute atomic E-state index is 12.3. The van der Waals surface area contributed by atoms with E-state index in [0.29, 0.717) is 14.6 Å². The van der Waals surface area contributed by atoms with Gasteiger partial charge in [-0.1, -0.05) is 15.9 Å². The Morgan fingerprint density at radius 1 is 1.47 bits per heavy atom. The molecule has 4 nitrogen and oxygen atoms in total. The van der Waals surface area contributed by atoms with Crippen molar-refractivity contribution in [3.8, 4) is 5.75 Å². The van der Waals surface area contributed by atoms with E-state index in [1.54, 1.807) is 0 Å². The molecule has 0 aliphatic carbocycles. The largest absolute Gasteiger partial charge is 0.573 e. The second kappa shape index (κ2) is 6.73. The number of carbonyl (C=O) groups excluding carboxylic acids is 1. The van der Waals surface area contributed by atoms with E-state index in [-0.39, 0.29) is 5.69 Å². The highest BCUT2D eigenvalue weighted by molar-refractivity contribution is 14.1. The number of hydrogen-bond donors (Lipinski definition) is 0. The van der Waals surface area contributed by atoms with E-state index in [9.17, 15) is 18.0 Å². The van der Waals surface area contributed by atoms with Gasteiger partial charge in [0, 0.05) is 8.90 Å². The normalized spacial score (nSPS) is 11.3. The first-order chi connectivity index (χ1) is 8.76. The van der Waals surface area contributed by atoms with Gasteiger partial charge in [0.05, 0.1) is 24.9 Å². The lowest BCUT2D eigenvalue weighted by atomic mass is 10.2. The Kier molecular flexibility index (Phi) is 5.83. The Morgan fingerprint density at radius 2 is 2.11 bits per heavy atom. The molecule has 0 amide bonds. The number of aromatic nitrogens is 1. The third-order valence-electron chi connectivity index (χ3n) is 1.98. The molecule has 9 heteroatoms. The van der Waals surface area contributed by atoms with Gasteiger partial charge in [-0.15, -0.1) is 13.2 Å². The van der Waals surface area contributed by atoms with E-state index in [1.165, 1.54) is 6.07 Å². The van der Waals surface area contributed by atoms with Crippen LogP contribution in [0, 0.1) is 3.57 Å². The fourth-order valence-electron chi connectivity index (χ4n) is 1.20. The number of methoxy groups -OCH3 is 1. The highest BCUT2D eigenvalue weighted by Gasteiger charge is 2.33. The molecule has 1 aromatic rings. The topological polar surface area (TPSA) is 48.4 Å². The number of pyridine rings is 1. The van der Waals surface area contributed by atoms with Crippen molar-refractivity contribution in [2.75, 3.05) is 7.11 Å². The third kappa shape index (κ3) is 5.13. The molecule has 0 unspecified atom stereocenters. The van der Waals surface area contributed by atoms with Crippen LogP contribution < -0.4 is 4.74 Å². The van der Waals surface area contributed by atoms with Crippen LogP contribution in [0.25, 0.3) is 0 Å². The summed E-state index contributed by atoms with van der Waals surface area (Å²) in [5.41, 5.74) is 0.410. The van der Waals surface area contributed by atoms with Crippen LogP contribution in [-0.4, -0.2) is 24.4 Å². The molecular weight excluding hydrogens is 446 g/mol. The lowest BCUT2D eigenvalue weighted by Gasteiger charge is -2.14. The van der Waals surface area contributed by atoms with E-state index >= 15 is 0 Å². The zero-order chi connectivity index (χ0) is 14.6. The zero-order valence-corrected chi connectivity index (χ0v) is 13.3. The summed E-state index contributed by atoms with van der Waals surface area (Å²) < 4.78 is 45.6. The molecule has 0 atom stereocenters.